The van der Waals surface area contributed by atoms with Crippen molar-refractivity contribution in [3.63, 3.8) is 0 Å². The number of aromatic hydroxyl groups is 1. The van der Waals surface area contributed by atoms with Gasteiger partial charge in [-0.1, -0.05) is 6.07 Å². The number of phenolic OH excluding ortho intramolecular Hbond substituents is 1. The van der Waals surface area contributed by atoms with Gasteiger partial charge >= 0.3 is 0 Å². The molecule has 0 atom stereocenters. The number of hydrogen-bond acceptors (Lipinski definition) is 2. The van der Waals surface area contributed by atoms with E-state index in [1.54, 1.807) is 18.2 Å². The quantitative estimate of drug-likeness (QED) is 0.605. The highest BCUT2D eigenvalue weighted by atomic mass is 16.3. The van der Waals surface area contributed by atoms with Gasteiger partial charge in [0.2, 0.25) is 0 Å². The predicted molar refractivity (Wildman–Crippen MR) is 40.5 cm³/mol. The second-order valence-electron chi connectivity index (χ2n) is 2.16. The standard InChI is InChI=1S/C8H10NO/c1-6-2-3-8(10)4-7(6)5-9/h2-4,10H,1,5,9H2. The number of benzene rings is 1. The molecular weight excluding hydrogens is 126 g/mol. The van der Waals surface area contributed by atoms with Crippen LogP contribution in [0.3, 0.4) is 0 Å². The van der Waals surface area contributed by atoms with Gasteiger partial charge in [0.1, 0.15) is 5.75 Å². The normalized spacial score (nSPS) is 9.80. The molecule has 53 valence electrons. The Hall–Kier alpha value is -1.02. The van der Waals surface area contributed by atoms with Gasteiger partial charge in [-0.25, -0.2) is 0 Å². The van der Waals surface area contributed by atoms with E-state index in [9.17, 15) is 0 Å². The Morgan fingerprint density at radius 2 is 2.20 bits per heavy atom. The second-order valence-corrected chi connectivity index (χ2v) is 2.16. The lowest BCUT2D eigenvalue weighted by atomic mass is 10.1. The maximum atomic E-state index is 8.99. The third-order valence-corrected chi connectivity index (χ3v) is 1.41. The van der Waals surface area contributed by atoms with E-state index in [0.717, 1.165) is 11.1 Å². The van der Waals surface area contributed by atoms with Crippen molar-refractivity contribution < 1.29 is 5.11 Å². The van der Waals surface area contributed by atoms with Gasteiger partial charge in [0.15, 0.2) is 0 Å². The first-order chi connectivity index (χ1) is 4.74. The molecule has 10 heavy (non-hydrogen) atoms. The molecule has 1 rings (SSSR count). The molecule has 0 unspecified atom stereocenters. The van der Waals surface area contributed by atoms with E-state index in [4.69, 9.17) is 10.8 Å². The first-order valence-electron chi connectivity index (χ1n) is 3.08. The van der Waals surface area contributed by atoms with Gasteiger partial charge in [-0.15, -0.1) is 0 Å². The highest BCUT2D eigenvalue weighted by Gasteiger charge is 1.95. The Bertz CT molecular complexity index is 233. The summed E-state index contributed by atoms with van der Waals surface area (Å²) in [6.07, 6.45) is 0. The molecule has 0 aliphatic carbocycles. The molecule has 0 aliphatic rings. The van der Waals surface area contributed by atoms with E-state index in [1.807, 2.05) is 0 Å². The first kappa shape index (κ1) is 7.09. The monoisotopic (exact) mass is 136 g/mol. The Morgan fingerprint density at radius 3 is 2.70 bits per heavy atom. The van der Waals surface area contributed by atoms with Crippen molar-refractivity contribution in [2.75, 3.05) is 0 Å². The average molecular weight is 136 g/mol. The van der Waals surface area contributed by atoms with Crippen molar-refractivity contribution in [2.45, 2.75) is 6.54 Å². The minimum Gasteiger partial charge on any atom is -0.508 e. The molecule has 0 heterocycles. The average Bonchev–Trinajstić information content (AvgIpc) is 1.94. The molecule has 1 aromatic rings. The molecule has 0 amide bonds. The molecule has 0 saturated carbocycles. The Balaban J connectivity index is 3.09. The van der Waals surface area contributed by atoms with E-state index >= 15 is 0 Å². The van der Waals surface area contributed by atoms with Crippen molar-refractivity contribution in [1.82, 2.24) is 0 Å². The molecule has 1 aromatic carbocycles. The zero-order valence-electron chi connectivity index (χ0n) is 5.67. The Labute approximate surface area is 60.3 Å². The SMILES string of the molecule is [CH2]c1ccc(O)cc1CN. The lowest BCUT2D eigenvalue weighted by Crippen LogP contribution is -1.97. The number of hydrogen-bond donors (Lipinski definition) is 2. The van der Waals surface area contributed by atoms with Crippen LogP contribution in [0.4, 0.5) is 0 Å². The molecule has 3 N–H and O–H groups in total. The van der Waals surface area contributed by atoms with Crippen LogP contribution >= 0.6 is 0 Å². The van der Waals surface area contributed by atoms with Crippen molar-refractivity contribution in [3.05, 3.63) is 36.2 Å². The van der Waals surface area contributed by atoms with Crippen LogP contribution in [-0.2, 0) is 6.54 Å². The van der Waals surface area contributed by atoms with E-state index < -0.39 is 0 Å². The summed E-state index contributed by atoms with van der Waals surface area (Å²) in [6, 6.07) is 4.97. The van der Waals surface area contributed by atoms with E-state index in [1.165, 1.54) is 0 Å². The molecule has 0 aliphatic heterocycles. The van der Waals surface area contributed by atoms with Crippen LogP contribution in [0.15, 0.2) is 18.2 Å². The third kappa shape index (κ3) is 1.28. The highest BCUT2D eigenvalue weighted by Crippen LogP contribution is 2.14. The topological polar surface area (TPSA) is 46.2 Å². The van der Waals surface area contributed by atoms with E-state index in [2.05, 4.69) is 6.92 Å². The van der Waals surface area contributed by atoms with E-state index in [0.29, 0.717) is 6.54 Å². The lowest BCUT2D eigenvalue weighted by Gasteiger charge is -2.01. The second kappa shape index (κ2) is 2.71. The third-order valence-electron chi connectivity index (χ3n) is 1.41. The molecule has 1 radical (unpaired) electrons. The smallest absolute Gasteiger partial charge is 0.115 e. The fourth-order valence-corrected chi connectivity index (χ4v) is 0.802. The predicted octanol–water partition coefficient (Wildman–Crippen LogP) is 1.03. The van der Waals surface area contributed by atoms with Crippen LogP contribution in [0.5, 0.6) is 5.75 Å². The molecular formula is C8H10NO. The minimum absolute atomic E-state index is 0.243. The summed E-state index contributed by atoms with van der Waals surface area (Å²) in [7, 11) is 0. The van der Waals surface area contributed by atoms with Crippen LogP contribution in [0, 0.1) is 6.92 Å². The summed E-state index contributed by atoms with van der Waals surface area (Å²) in [5.41, 5.74) is 7.13. The van der Waals surface area contributed by atoms with Crippen molar-refractivity contribution in [2.24, 2.45) is 5.73 Å². The summed E-state index contributed by atoms with van der Waals surface area (Å²) in [4.78, 5) is 0. The number of nitrogens with two attached hydrogens (primary N) is 1. The molecule has 2 nitrogen and oxygen atoms in total. The molecule has 0 spiro atoms. The minimum atomic E-state index is 0.243. The van der Waals surface area contributed by atoms with Crippen LogP contribution in [0.25, 0.3) is 0 Å². The first-order valence-corrected chi connectivity index (χ1v) is 3.08. The molecule has 0 bridgehead atoms. The molecule has 0 aromatic heterocycles. The maximum absolute atomic E-state index is 8.99. The van der Waals surface area contributed by atoms with E-state index in [-0.39, 0.29) is 5.75 Å². The van der Waals surface area contributed by atoms with Gasteiger partial charge in [-0.05, 0) is 30.2 Å². The lowest BCUT2D eigenvalue weighted by molar-refractivity contribution is 0.474. The van der Waals surface area contributed by atoms with Gasteiger partial charge in [-0.2, -0.15) is 0 Å². The molecule has 0 saturated heterocycles. The summed E-state index contributed by atoms with van der Waals surface area (Å²) >= 11 is 0. The van der Waals surface area contributed by atoms with Crippen LogP contribution in [-0.4, -0.2) is 5.11 Å². The fraction of sp³-hybridized carbons (Fsp3) is 0.125. The zero-order chi connectivity index (χ0) is 7.56. The van der Waals surface area contributed by atoms with Crippen LogP contribution in [0.1, 0.15) is 11.1 Å². The van der Waals surface area contributed by atoms with Crippen molar-refractivity contribution in [1.29, 1.82) is 0 Å². The fourth-order valence-electron chi connectivity index (χ4n) is 0.802. The van der Waals surface area contributed by atoms with Crippen molar-refractivity contribution in [3.8, 4) is 5.75 Å². The summed E-state index contributed by atoms with van der Waals surface area (Å²) in [6.45, 7) is 4.17. The Morgan fingerprint density at radius 1 is 1.50 bits per heavy atom. The van der Waals surface area contributed by atoms with Crippen LogP contribution in [0.2, 0.25) is 0 Å². The highest BCUT2D eigenvalue weighted by molar-refractivity contribution is 5.36. The Kier molecular flexibility index (Phi) is 1.92. The zero-order valence-corrected chi connectivity index (χ0v) is 5.67. The molecule has 2 heteroatoms. The van der Waals surface area contributed by atoms with Crippen LogP contribution < -0.4 is 5.73 Å². The summed E-state index contributed by atoms with van der Waals surface area (Å²) < 4.78 is 0. The van der Waals surface area contributed by atoms with Gasteiger partial charge in [0.25, 0.3) is 0 Å². The van der Waals surface area contributed by atoms with Gasteiger partial charge in [0.05, 0.1) is 0 Å². The number of phenols is 1. The summed E-state index contributed by atoms with van der Waals surface area (Å²) in [5.74, 6) is 0.243. The summed E-state index contributed by atoms with van der Waals surface area (Å²) in [5, 5.41) is 8.99. The maximum Gasteiger partial charge on any atom is 0.115 e. The molecule has 0 fully saturated rings. The van der Waals surface area contributed by atoms with Gasteiger partial charge in [-0.3, -0.25) is 0 Å². The largest absolute Gasteiger partial charge is 0.508 e. The van der Waals surface area contributed by atoms with Gasteiger partial charge in [0, 0.05) is 6.54 Å². The number of rotatable bonds is 1. The van der Waals surface area contributed by atoms with Gasteiger partial charge < -0.3 is 10.8 Å². The van der Waals surface area contributed by atoms with Crippen molar-refractivity contribution >= 4 is 0 Å².